The molecule has 106 valence electrons. The standard InChI is InChI=1S/C15H16FNO3/c1-8(2)17-9(3)12(7-14(18)19)15(20)11-5-4-10(16)6-13(11)17/h4-6,8H,7H2,1-3H3,(H,18,19). The Morgan fingerprint density at radius 3 is 2.60 bits per heavy atom. The lowest BCUT2D eigenvalue weighted by Crippen LogP contribution is -2.22. The summed E-state index contributed by atoms with van der Waals surface area (Å²) in [7, 11) is 0. The van der Waals surface area contributed by atoms with Crippen LogP contribution >= 0.6 is 0 Å². The molecule has 0 saturated carbocycles. The van der Waals surface area contributed by atoms with E-state index >= 15 is 0 Å². The molecule has 0 radical (unpaired) electrons. The van der Waals surface area contributed by atoms with Crippen molar-refractivity contribution in [3.63, 3.8) is 0 Å². The zero-order valence-electron chi connectivity index (χ0n) is 11.6. The van der Waals surface area contributed by atoms with Crippen LogP contribution in [0.25, 0.3) is 10.9 Å². The maximum Gasteiger partial charge on any atom is 0.308 e. The number of aliphatic carboxylic acids is 1. The van der Waals surface area contributed by atoms with Crippen LogP contribution in [0.3, 0.4) is 0 Å². The van der Waals surface area contributed by atoms with Gasteiger partial charge in [0.15, 0.2) is 5.43 Å². The molecule has 0 amide bonds. The lowest BCUT2D eigenvalue weighted by molar-refractivity contribution is -0.136. The number of hydrogen-bond acceptors (Lipinski definition) is 2. The van der Waals surface area contributed by atoms with E-state index in [1.165, 1.54) is 18.2 Å². The van der Waals surface area contributed by atoms with Crippen molar-refractivity contribution in [2.75, 3.05) is 0 Å². The predicted molar refractivity (Wildman–Crippen MR) is 74.6 cm³/mol. The number of carboxylic acid groups (broad SMARTS) is 1. The van der Waals surface area contributed by atoms with Crippen LogP contribution < -0.4 is 5.43 Å². The summed E-state index contributed by atoms with van der Waals surface area (Å²) in [5, 5.41) is 9.30. The number of hydrogen-bond donors (Lipinski definition) is 1. The highest BCUT2D eigenvalue weighted by Crippen LogP contribution is 2.22. The molecule has 4 nitrogen and oxygen atoms in total. The fourth-order valence-electron chi connectivity index (χ4n) is 2.57. The highest BCUT2D eigenvalue weighted by atomic mass is 19.1. The second-order valence-electron chi connectivity index (χ2n) is 5.09. The molecule has 20 heavy (non-hydrogen) atoms. The van der Waals surface area contributed by atoms with Crippen LogP contribution in [0.15, 0.2) is 23.0 Å². The Bertz CT molecular complexity index is 747. The van der Waals surface area contributed by atoms with Gasteiger partial charge in [0.1, 0.15) is 5.82 Å². The average Bonchev–Trinajstić information content (AvgIpc) is 2.33. The van der Waals surface area contributed by atoms with Gasteiger partial charge >= 0.3 is 5.97 Å². The summed E-state index contributed by atoms with van der Waals surface area (Å²) >= 11 is 0. The van der Waals surface area contributed by atoms with E-state index in [9.17, 15) is 14.0 Å². The molecule has 0 saturated heterocycles. The lowest BCUT2D eigenvalue weighted by Gasteiger charge is -2.21. The van der Waals surface area contributed by atoms with Crippen molar-refractivity contribution in [3.05, 3.63) is 45.5 Å². The molecule has 2 rings (SSSR count). The van der Waals surface area contributed by atoms with Crippen LogP contribution in [0.4, 0.5) is 4.39 Å². The molecule has 0 spiro atoms. The fourth-order valence-corrected chi connectivity index (χ4v) is 2.57. The summed E-state index contributed by atoms with van der Waals surface area (Å²) in [4.78, 5) is 23.3. The van der Waals surface area contributed by atoms with Gasteiger partial charge in [0.2, 0.25) is 0 Å². The predicted octanol–water partition coefficient (Wildman–Crippen LogP) is 2.66. The van der Waals surface area contributed by atoms with Gasteiger partial charge in [0, 0.05) is 22.7 Å². The lowest BCUT2D eigenvalue weighted by atomic mass is 10.0. The topological polar surface area (TPSA) is 59.3 Å². The summed E-state index contributed by atoms with van der Waals surface area (Å²) in [6, 6.07) is 3.94. The first-order chi connectivity index (χ1) is 9.32. The van der Waals surface area contributed by atoms with Crippen molar-refractivity contribution in [1.29, 1.82) is 0 Å². The zero-order valence-corrected chi connectivity index (χ0v) is 11.6. The van der Waals surface area contributed by atoms with E-state index in [1.807, 2.05) is 13.8 Å². The Kier molecular flexibility index (Phi) is 3.61. The Morgan fingerprint density at radius 1 is 1.40 bits per heavy atom. The quantitative estimate of drug-likeness (QED) is 0.938. The summed E-state index contributed by atoms with van der Waals surface area (Å²) < 4.78 is 15.2. The van der Waals surface area contributed by atoms with E-state index < -0.39 is 11.8 Å². The normalized spacial score (nSPS) is 11.2. The molecule has 0 aliphatic carbocycles. The Hall–Kier alpha value is -2.17. The van der Waals surface area contributed by atoms with Gasteiger partial charge in [-0.15, -0.1) is 0 Å². The van der Waals surface area contributed by atoms with E-state index in [0.717, 1.165) is 0 Å². The van der Waals surface area contributed by atoms with Gasteiger partial charge in [-0.25, -0.2) is 4.39 Å². The van der Waals surface area contributed by atoms with Crippen molar-refractivity contribution < 1.29 is 14.3 Å². The third kappa shape index (κ3) is 2.31. The van der Waals surface area contributed by atoms with Crippen LogP contribution in [0.1, 0.15) is 31.1 Å². The molecule has 0 aliphatic heterocycles. The van der Waals surface area contributed by atoms with Gasteiger partial charge in [-0.3, -0.25) is 9.59 Å². The second kappa shape index (κ2) is 5.07. The van der Waals surface area contributed by atoms with Gasteiger partial charge in [-0.1, -0.05) is 0 Å². The molecule has 0 fully saturated rings. The van der Waals surface area contributed by atoms with E-state index in [1.54, 1.807) is 11.5 Å². The van der Waals surface area contributed by atoms with Crippen molar-refractivity contribution in [2.24, 2.45) is 0 Å². The minimum atomic E-state index is -1.05. The van der Waals surface area contributed by atoms with E-state index in [2.05, 4.69) is 0 Å². The van der Waals surface area contributed by atoms with Gasteiger partial charge in [0.25, 0.3) is 0 Å². The third-order valence-electron chi connectivity index (χ3n) is 3.38. The van der Waals surface area contributed by atoms with Crippen LogP contribution in [-0.2, 0) is 11.2 Å². The summed E-state index contributed by atoms with van der Waals surface area (Å²) in [6.07, 6.45) is -0.329. The largest absolute Gasteiger partial charge is 0.481 e. The molecule has 1 heterocycles. The number of rotatable bonds is 3. The van der Waals surface area contributed by atoms with Crippen LogP contribution in [0.2, 0.25) is 0 Å². The maximum absolute atomic E-state index is 13.4. The SMILES string of the molecule is Cc1c(CC(=O)O)c(=O)c2ccc(F)cc2n1C(C)C. The molecule has 5 heteroatoms. The van der Waals surface area contributed by atoms with Crippen LogP contribution in [-0.4, -0.2) is 15.6 Å². The number of aromatic nitrogens is 1. The molecular formula is C15H16FNO3. The van der Waals surface area contributed by atoms with Crippen molar-refractivity contribution in [1.82, 2.24) is 4.57 Å². The molecule has 0 bridgehead atoms. The molecule has 1 aromatic heterocycles. The molecule has 0 unspecified atom stereocenters. The smallest absolute Gasteiger partial charge is 0.308 e. The fraction of sp³-hybridized carbons (Fsp3) is 0.333. The monoisotopic (exact) mass is 277 g/mol. The van der Waals surface area contributed by atoms with Crippen molar-refractivity contribution in [3.8, 4) is 0 Å². The minimum absolute atomic E-state index is 0.00700. The first-order valence-corrected chi connectivity index (χ1v) is 6.38. The van der Waals surface area contributed by atoms with Crippen LogP contribution in [0.5, 0.6) is 0 Å². The first kappa shape index (κ1) is 14.2. The number of carbonyl (C=O) groups is 1. The molecular weight excluding hydrogens is 261 g/mol. The van der Waals surface area contributed by atoms with Crippen molar-refractivity contribution >= 4 is 16.9 Å². The molecule has 2 aromatic rings. The summed E-state index contributed by atoms with van der Waals surface area (Å²) in [5.74, 6) is -1.47. The number of benzene rings is 1. The summed E-state index contributed by atoms with van der Waals surface area (Å²) in [6.45, 7) is 5.52. The highest BCUT2D eigenvalue weighted by Gasteiger charge is 2.18. The number of nitrogens with zero attached hydrogens (tertiary/aromatic N) is 1. The second-order valence-corrected chi connectivity index (χ2v) is 5.09. The molecule has 1 N–H and O–H groups in total. The van der Waals surface area contributed by atoms with Gasteiger partial charge in [0.05, 0.1) is 11.9 Å². The van der Waals surface area contributed by atoms with Gasteiger partial charge < -0.3 is 9.67 Å². The molecule has 0 atom stereocenters. The number of halogens is 1. The third-order valence-corrected chi connectivity index (χ3v) is 3.38. The number of fused-ring (bicyclic) bond motifs is 1. The van der Waals surface area contributed by atoms with E-state index in [0.29, 0.717) is 16.6 Å². The average molecular weight is 277 g/mol. The van der Waals surface area contributed by atoms with E-state index in [-0.39, 0.29) is 23.5 Å². The summed E-state index contributed by atoms with van der Waals surface area (Å²) in [5.41, 5.74) is 0.990. The maximum atomic E-state index is 13.4. The molecule has 1 aromatic carbocycles. The Morgan fingerprint density at radius 2 is 2.05 bits per heavy atom. The molecule has 0 aliphatic rings. The van der Waals surface area contributed by atoms with Crippen molar-refractivity contribution in [2.45, 2.75) is 33.2 Å². The minimum Gasteiger partial charge on any atom is -0.481 e. The van der Waals surface area contributed by atoms with E-state index in [4.69, 9.17) is 5.11 Å². The Labute approximate surface area is 115 Å². The number of pyridine rings is 1. The highest BCUT2D eigenvalue weighted by molar-refractivity contribution is 5.82. The number of carboxylic acids is 1. The van der Waals surface area contributed by atoms with Gasteiger partial charge in [-0.05, 0) is 39.0 Å². The Balaban J connectivity index is 2.94. The zero-order chi connectivity index (χ0) is 15.0. The van der Waals surface area contributed by atoms with Crippen LogP contribution in [0, 0.1) is 12.7 Å². The van der Waals surface area contributed by atoms with Gasteiger partial charge in [-0.2, -0.15) is 0 Å². The first-order valence-electron chi connectivity index (χ1n) is 6.38.